The van der Waals surface area contributed by atoms with Gasteiger partial charge in [0.2, 0.25) is 15.9 Å². The van der Waals surface area contributed by atoms with Gasteiger partial charge in [0.1, 0.15) is 16.7 Å². The van der Waals surface area contributed by atoms with Crippen molar-refractivity contribution in [3.63, 3.8) is 0 Å². The SMILES string of the molecule is COc1ccc(C)cc1S(=O)(=O)N[C@H](Cc1ccccc1)C(=O)Nc1ccc(C(=O)N2CCN(C)CC2)cc1. The molecule has 0 spiro atoms. The van der Waals surface area contributed by atoms with Gasteiger partial charge >= 0.3 is 0 Å². The summed E-state index contributed by atoms with van der Waals surface area (Å²) in [5.41, 5.74) is 2.53. The van der Waals surface area contributed by atoms with Crippen LogP contribution < -0.4 is 14.8 Å². The fraction of sp³-hybridized carbons (Fsp3) is 0.310. The van der Waals surface area contributed by atoms with Gasteiger partial charge in [0.05, 0.1) is 7.11 Å². The number of anilines is 1. The molecular weight excluding hydrogens is 516 g/mol. The Morgan fingerprint density at radius 1 is 0.949 bits per heavy atom. The third-order valence-electron chi connectivity index (χ3n) is 6.70. The maximum Gasteiger partial charge on any atom is 0.253 e. The summed E-state index contributed by atoms with van der Waals surface area (Å²) in [6.07, 6.45) is 0.139. The molecule has 206 valence electrons. The lowest BCUT2D eigenvalue weighted by Crippen LogP contribution is -2.47. The predicted molar refractivity (Wildman–Crippen MR) is 150 cm³/mol. The molecule has 1 aliphatic rings. The molecule has 1 saturated heterocycles. The van der Waals surface area contributed by atoms with E-state index < -0.39 is 22.0 Å². The van der Waals surface area contributed by atoms with Crippen molar-refractivity contribution in [2.75, 3.05) is 45.7 Å². The third-order valence-corrected chi connectivity index (χ3v) is 8.19. The Balaban J connectivity index is 1.52. The summed E-state index contributed by atoms with van der Waals surface area (Å²) in [5, 5.41) is 2.80. The number of methoxy groups -OCH3 is 1. The lowest BCUT2D eigenvalue weighted by atomic mass is 10.1. The smallest absolute Gasteiger partial charge is 0.253 e. The van der Waals surface area contributed by atoms with E-state index in [0.717, 1.165) is 24.2 Å². The van der Waals surface area contributed by atoms with Gasteiger partial charge < -0.3 is 19.9 Å². The van der Waals surface area contributed by atoms with E-state index in [1.165, 1.54) is 13.2 Å². The van der Waals surface area contributed by atoms with Crippen LogP contribution in [0.5, 0.6) is 5.75 Å². The van der Waals surface area contributed by atoms with Gasteiger partial charge in [-0.2, -0.15) is 4.72 Å². The number of piperazine rings is 1. The molecule has 1 fully saturated rings. The number of likely N-dealkylation sites (N-methyl/N-ethyl adjacent to an activating group) is 1. The molecule has 2 N–H and O–H groups in total. The molecular formula is C29H34N4O5S. The van der Waals surface area contributed by atoms with Crippen LogP contribution in [0.4, 0.5) is 5.69 Å². The van der Waals surface area contributed by atoms with Crippen LogP contribution in [-0.4, -0.2) is 76.4 Å². The van der Waals surface area contributed by atoms with Crippen molar-refractivity contribution in [2.24, 2.45) is 0 Å². The molecule has 2 amide bonds. The average molecular weight is 551 g/mol. The van der Waals surface area contributed by atoms with Crippen LogP contribution in [0.1, 0.15) is 21.5 Å². The Bertz CT molecular complexity index is 1400. The Kier molecular flexibility index (Phi) is 9.01. The first-order chi connectivity index (χ1) is 18.7. The molecule has 0 bridgehead atoms. The lowest BCUT2D eigenvalue weighted by molar-refractivity contribution is -0.117. The molecule has 0 aliphatic carbocycles. The Morgan fingerprint density at radius 2 is 1.62 bits per heavy atom. The van der Waals surface area contributed by atoms with Crippen molar-refractivity contribution in [3.05, 3.63) is 89.5 Å². The van der Waals surface area contributed by atoms with Crippen LogP contribution >= 0.6 is 0 Å². The molecule has 3 aromatic carbocycles. The van der Waals surface area contributed by atoms with Crippen molar-refractivity contribution >= 4 is 27.5 Å². The number of carbonyl (C=O) groups excluding carboxylic acids is 2. The molecule has 1 heterocycles. The van der Waals surface area contributed by atoms with Crippen LogP contribution in [0.25, 0.3) is 0 Å². The maximum absolute atomic E-state index is 13.4. The van der Waals surface area contributed by atoms with E-state index in [9.17, 15) is 18.0 Å². The number of ether oxygens (including phenoxy) is 1. The number of hydrogen-bond acceptors (Lipinski definition) is 6. The zero-order valence-corrected chi connectivity index (χ0v) is 23.2. The molecule has 1 atom stereocenters. The maximum atomic E-state index is 13.4. The molecule has 1 aliphatic heterocycles. The number of nitrogens with zero attached hydrogens (tertiary/aromatic N) is 2. The van der Waals surface area contributed by atoms with E-state index >= 15 is 0 Å². The van der Waals surface area contributed by atoms with Crippen LogP contribution in [-0.2, 0) is 21.2 Å². The normalized spacial score (nSPS) is 15.0. The van der Waals surface area contributed by atoms with E-state index in [0.29, 0.717) is 24.3 Å². The lowest BCUT2D eigenvalue weighted by Gasteiger charge is -2.32. The van der Waals surface area contributed by atoms with Crippen LogP contribution in [0.15, 0.2) is 77.7 Å². The van der Waals surface area contributed by atoms with Gasteiger partial charge in [0.15, 0.2) is 0 Å². The van der Waals surface area contributed by atoms with Gasteiger partial charge in [-0.15, -0.1) is 0 Å². The fourth-order valence-electron chi connectivity index (χ4n) is 4.40. The highest BCUT2D eigenvalue weighted by Gasteiger charge is 2.29. The first kappa shape index (κ1) is 28.3. The predicted octanol–water partition coefficient (Wildman–Crippen LogP) is 2.92. The van der Waals surface area contributed by atoms with E-state index in [4.69, 9.17) is 4.74 Å². The quantitative estimate of drug-likeness (QED) is 0.424. The van der Waals surface area contributed by atoms with E-state index in [1.54, 1.807) is 43.3 Å². The van der Waals surface area contributed by atoms with Crippen molar-refractivity contribution in [1.82, 2.24) is 14.5 Å². The topological polar surface area (TPSA) is 108 Å². The summed E-state index contributed by atoms with van der Waals surface area (Å²) in [6.45, 7) is 4.77. The summed E-state index contributed by atoms with van der Waals surface area (Å²) in [6, 6.07) is 19.6. The minimum Gasteiger partial charge on any atom is -0.495 e. The first-order valence-electron chi connectivity index (χ1n) is 12.8. The Hall–Kier alpha value is -3.73. The highest BCUT2D eigenvalue weighted by Crippen LogP contribution is 2.25. The molecule has 0 aromatic heterocycles. The Labute approximate surface area is 229 Å². The standard InChI is InChI=1S/C29H34N4O5S/c1-21-9-14-26(38-3)27(19-21)39(36,37)31-25(20-22-7-5-4-6-8-22)28(34)30-24-12-10-23(11-13-24)29(35)33-17-15-32(2)16-18-33/h4-14,19,25,31H,15-18,20H2,1-3H3,(H,30,34)/t25-/m1/s1. The monoisotopic (exact) mass is 550 g/mol. The number of aryl methyl sites for hydroxylation is 1. The summed E-state index contributed by atoms with van der Waals surface area (Å²) in [5.74, 6) is -0.387. The average Bonchev–Trinajstić information content (AvgIpc) is 2.93. The second-order valence-electron chi connectivity index (χ2n) is 9.68. The highest BCUT2D eigenvalue weighted by atomic mass is 32.2. The van der Waals surface area contributed by atoms with Gasteiger partial charge in [0.25, 0.3) is 5.91 Å². The summed E-state index contributed by atoms with van der Waals surface area (Å²) >= 11 is 0. The molecule has 9 nitrogen and oxygen atoms in total. The zero-order chi connectivity index (χ0) is 28.0. The fourth-order valence-corrected chi connectivity index (χ4v) is 5.85. The second-order valence-corrected chi connectivity index (χ2v) is 11.4. The first-order valence-corrected chi connectivity index (χ1v) is 14.2. The van der Waals surface area contributed by atoms with Crippen molar-refractivity contribution < 1.29 is 22.7 Å². The molecule has 4 rings (SSSR count). The number of rotatable bonds is 9. The number of sulfonamides is 1. The van der Waals surface area contributed by atoms with Gasteiger partial charge in [-0.25, -0.2) is 8.42 Å². The van der Waals surface area contributed by atoms with E-state index in [1.807, 2.05) is 42.3 Å². The number of amides is 2. The van der Waals surface area contributed by atoms with Gasteiger partial charge in [-0.1, -0.05) is 36.4 Å². The molecule has 0 radical (unpaired) electrons. The molecule has 0 unspecified atom stereocenters. The van der Waals surface area contributed by atoms with Crippen LogP contribution in [0, 0.1) is 6.92 Å². The molecule has 39 heavy (non-hydrogen) atoms. The molecule has 0 saturated carbocycles. The van der Waals surface area contributed by atoms with Gasteiger partial charge in [0, 0.05) is 37.4 Å². The number of nitrogens with one attached hydrogen (secondary N) is 2. The van der Waals surface area contributed by atoms with Crippen LogP contribution in [0.2, 0.25) is 0 Å². The van der Waals surface area contributed by atoms with Crippen LogP contribution in [0.3, 0.4) is 0 Å². The van der Waals surface area contributed by atoms with Crippen molar-refractivity contribution in [2.45, 2.75) is 24.3 Å². The van der Waals surface area contributed by atoms with Crippen molar-refractivity contribution in [1.29, 1.82) is 0 Å². The zero-order valence-electron chi connectivity index (χ0n) is 22.4. The van der Waals surface area contributed by atoms with E-state index in [2.05, 4.69) is 14.9 Å². The van der Waals surface area contributed by atoms with Crippen molar-refractivity contribution in [3.8, 4) is 5.75 Å². The third kappa shape index (κ3) is 7.23. The number of carbonyl (C=O) groups is 2. The highest BCUT2D eigenvalue weighted by molar-refractivity contribution is 7.89. The second kappa shape index (κ2) is 12.4. The minimum atomic E-state index is -4.11. The summed E-state index contributed by atoms with van der Waals surface area (Å²) < 4.78 is 34.6. The molecule has 10 heteroatoms. The Morgan fingerprint density at radius 3 is 2.26 bits per heavy atom. The summed E-state index contributed by atoms with van der Waals surface area (Å²) in [7, 11) is -0.678. The largest absolute Gasteiger partial charge is 0.495 e. The number of benzene rings is 3. The van der Waals surface area contributed by atoms with Gasteiger partial charge in [-0.05, 0) is 67.9 Å². The summed E-state index contributed by atoms with van der Waals surface area (Å²) in [4.78, 5) is 30.2. The molecule has 3 aromatic rings. The number of hydrogen-bond donors (Lipinski definition) is 2. The van der Waals surface area contributed by atoms with Gasteiger partial charge in [-0.3, -0.25) is 9.59 Å². The van der Waals surface area contributed by atoms with E-state index in [-0.39, 0.29) is 23.0 Å². The minimum absolute atomic E-state index is 0.0392.